The summed E-state index contributed by atoms with van der Waals surface area (Å²) in [7, 11) is 5.85. The van der Waals surface area contributed by atoms with Gasteiger partial charge < -0.3 is 15.1 Å². The number of hydrogen-bond acceptors (Lipinski definition) is 3. The third-order valence-corrected chi connectivity index (χ3v) is 5.54. The first-order chi connectivity index (χ1) is 11.3. The molecule has 0 radical (unpaired) electrons. The van der Waals surface area contributed by atoms with Crippen LogP contribution in [0.4, 0.5) is 4.39 Å². The van der Waals surface area contributed by atoms with Gasteiger partial charge in [0.15, 0.2) is 5.96 Å². The normalized spacial score (nSPS) is 18.7. The molecule has 0 aliphatic carbocycles. The lowest BCUT2D eigenvalue weighted by molar-refractivity contribution is 0.292. The van der Waals surface area contributed by atoms with E-state index in [-0.39, 0.29) is 40.6 Å². The van der Waals surface area contributed by atoms with E-state index in [1.54, 1.807) is 12.1 Å². The van der Waals surface area contributed by atoms with Crippen molar-refractivity contribution < 1.29 is 4.39 Å². The van der Waals surface area contributed by atoms with Gasteiger partial charge in [-0.3, -0.25) is 4.99 Å². The minimum atomic E-state index is -0.196. The quantitative estimate of drug-likeness (QED) is 0.407. The minimum Gasteiger partial charge on any atom is -0.354 e. The van der Waals surface area contributed by atoms with E-state index in [1.165, 1.54) is 6.07 Å². The van der Waals surface area contributed by atoms with Gasteiger partial charge in [0.1, 0.15) is 5.82 Å². The topological polar surface area (TPSA) is 30.9 Å². The van der Waals surface area contributed by atoms with Gasteiger partial charge in [0.05, 0.1) is 6.04 Å². The monoisotopic (exact) mass is 480 g/mol. The molecular weight excluding hydrogens is 450 g/mol. The van der Waals surface area contributed by atoms with Crippen molar-refractivity contribution in [3.63, 3.8) is 0 Å². The second-order valence-electron chi connectivity index (χ2n) is 6.99. The molecule has 142 valence electrons. The zero-order valence-corrected chi connectivity index (χ0v) is 18.9. The lowest BCUT2D eigenvalue weighted by Gasteiger charge is -2.39. The number of guanidine groups is 1. The molecule has 1 atom stereocenters. The van der Waals surface area contributed by atoms with Crippen LogP contribution in [0.15, 0.2) is 29.3 Å². The third-order valence-electron chi connectivity index (χ3n) is 4.25. The predicted molar refractivity (Wildman–Crippen MR) is 118 cm³/mol. The molecule has 1 fully saturated rings. The number of nitrogens with zero attached hydrogens (tertiary/aromatic N) is 3. The van der Waals surface area contributed by atoms with Crippen LogP contribution in [0.2, 0.25) is 0 Å². The van der Waals surface area contributed by atoms with Crippen LogP contribution in [0.5, 0.6) is 0 Å². The zero-order valence-electron chi connectivity index (χ0n) is 15.8. The summed E-state index contributed by atoms with van der Waals surface area (Å²) < 4.78 is 13.8. The molecule has 0 saturated carbocycles. The molecule has 4 nitrogen and oxygen atoms in total. The van der Waals surface area contributed by atoms with Crippen molar-refractivity contribution >= 4 is 41.7 Å². The first-order valence-electron chi connectivity index (χ1n) is 8.34. The Kier molecular flexibility index (Phi) is 8.97. The van der Waals surface area contributed by atoms with Crippen molar-refractivity contribution in [2.24, 2.45) is 4.99 Å². The fourth-order valence-electron chi connectivity index (χ4n) is 3.03. The van der Waals surface area contributed by atoms with Crippen LogP contribution in [0.3, 0.4) is 0 Å². The number of thioether (sulfide) groups is 1. The summed E-state index contributed by atoms with van der Waals surface area (Å²) >= 11 is 2.01. The highest BCUT2D eigenvalue weighted by Gasteiger charge is 2.29. The highest BCUT2D eigenvalue weighted by atomic mass is 127. The van der Waals surface area contributed by atoms with Gasteiger partial charge in [0.2, 0.25) is 0 Å². The van der Waals surface area contributed by atoms with Crippen LogP contribution in [0, 0.1) is 5.82 Å². The van der Waals surface area contributed by atoms with Crippen LogP contribution in [-0.2, 0) is 0 Å². The van der Waals surface area contributed by atoms with E-state index < -0.39 is 0 Å². The van der Waals surface area contributed by atoms with Gasteiger partial charge in [-0.1, -0.05) is 12.1 Å². The molecule has 0 amide bonds. The number of halogens is 2. The molecular formula is C18H30FIN4S. The Balaban J connectivity index is 0.00000312. The van der Waals surface area contributed by atoms with Crippen LogP contribution in [0.25, 0.3) is 0 Å². The van der Waals surface area contributed by atoms with E-state index in [1.807, 2.05) is 39.0 Å². The standard InChI is InChI=1S/C18H29FN4S.HI/c1-18(2)13-23(9-10-24-18)17(20-3)21-12-16(22(4)5)14-7-6-8-15(19)11-14;/h6-8,11,16H,9-10,12-13H2,1-5H3,(H,20,21);1H. The summed E-state index contributed by atoms with van der Waals surface area (Å²) in [5.41, 5.74) is 0.970. The van der Waals surface area contributed by atoms with Crippen LogP contribution >= 0.6 is 35.7 Å². The van der Waals surface area contributed by atoms with Gasteiger partial charge in [-0.05, 0) is 45.6 Å². The zero-order chi connectivity index (χ0) is 17.7. The Morgan fingerprint density at radius 3 is 2.72 bits per heavy atom. The number of likely N-dealkylation sites (N-methyl/N-ethyl adjacent to an activating group) is 1. The molecule has 1 heterocycles. The number of rotatable bonds is 4. The Morgan fingerprint density at radius 1 is 1.44 bits per heavy atom. The summed E-state index contributed by atoms with van der Waals surface area (Å²) in [6.07, 6.45) is 0. The molecule has 0 aromatic heterocycles. The Labute approximate surface area is 172 Å². The first-order valence-corrected chi connectivity index (χ1v) is 9.32. The largest absolute Gasteiger partial charge is 0.354 e. The van der Waals surface area contributed by atoms with E-state index >= 15 is 0 Å². The highest BCUT2D eigenvalue weighted by Crippen LogP contribution is 2.29. The summed E-state index contributed by atoms with van der Waals surface area (Å²) in [4.78, 5) is 8.87. The number of nitrogens with one attached hydrogen (secondary N) is 1. The lowest BCUT2D eigenvalue weighted by Crippen LogP contribution is -2.52. The van der Waals surface area contributed by atoms with E-state index in [4.69, 9.17) is 0 Å². The smallest absolute Gasteiger partial charge is 0.193 e. The van der Waals surface area contributed by atoms with E-state index in [2.05, 4.69) is 34.0 Å². The maximum atomic E-state index is 13.6. The van der Waals surface area contributed by atoms with Gasteiger partial charge in [-0.25, -0.2) is 4.39 Å². The molecule has 25 heavy (non-hydrogen) atoms. The van der Waals surface area contributed by atoms with Crippen molar-refractivity contribution in [1.29, 1.82) is 0 Å². The van der Waals surface area contributed by atoms with Crippen LogP contribution < -0.4 is 5.32 Å². The van der Waals surface area contributed by atoms with E-state index in [9.17, 15) is 4.39 Å². The maximum absolute atomic E-state index is 13.6. The number of aliphatic imine (C=N–C) groups is 1. The van der Waals surface area contributed by atoms with Crippen molar-refractivity contribution in [3.05, 3.63) is 35.6 Å². The molecule has 1 aliphatic rings. The molecule has 1 aromatic carbocycles. The summed E-state index contributed by atoms with van der Waals surface area (Å²) in [6.45, 7) is 7.20. The Bertz CT molecular complexity index is 580. The van der Waals surface area contributed by atoms with Crippen molar-refractivity contribution in [2.45, 2.75) is 24.6 Å². The molecule has 0 bridgehead atoms. The molecule has 1 aliphatic heterocycles. The molecule has 1 saturated heterocycles. The predicted octanol–water partition coefficient (Wildman–Crippen LogP) is 3.45. The molecule has 7 heteroatoms. The number of benzene rings is 1. The van der Waals surface area contributed by atoms with Crippen molar-refractivity contribution in [1.82, 2.24) is 15.1 Å². The summed E-state index contributed by atoms with van der Waals surface area (Å²) in [5, 5.41) is 3.48. The average Bonchev–Trinajstić information content (AvgIpc) is 2.50. The molecule has 0 spiro atoms. The van der Waals surface area contributed by atoms with Crippen molar-refractivity contribution in [3.8, 4) is 0 Å². The first kappa shape index (κ1) is 22.5. The Hall–Kier alpha value is -0.540. The molecule has 1 aromatic rings. The minimum absolute atomic E-state index is 0. The van der Waals surface area contributed by atoms with Gasteiger partial charge in [0, 0.05) is 37.2 Å². The highest BCUT2D eigenvalue weighted by molar-refractivity contribution is 14.0. The second-order valence-corrected chi connectivity index (χ2v) is 8.79. The van der Waals surface area contributed by atoms with Gasteiger partial charge in [-0.15, -0.1) is 24.0 Å². The fraction of sp³-hybridized carbons (Fsp3) is 0.611. The van der Waals surface area contributed by atoms with E-state index in [0.29, 0.717) is 6.54 Å². The third kappa shape index (κ3) is 6.60. The van der Waals surface area contributed by atoms with Crippen LogP contribution in [0.1, 0.15) is 25.5 Å². The maximum Gasteiger partial charge on any atom is 0.193 e. The van der Waals surface area contributed by atoms with E-state index in [0.717, 1.165) is 30.4 Å². The van der Waals surface area contributed by atoms with Crippen LogP contribution in [-0.4, -0.2) is 67.0 Å². The molecule has 2 rings (SSSR count). The number of hydrogen-bond donors (Lipinski definition) is 1. The molecule has 1 unspecified atom stereocenters. The van der Waals surface area contributed by atoms with Gasteiger partial charge in [-0.2, -0.15) is 11.8 Å². The summed E-state index contributed by atoms with van der Waals surface area (Å²) in [6, 6.07) is 6.91. The van der Waals surface area contributed by atoms with Crippen molar-refractivity contribution in [2.75, 3.05) is 46.5 Å². The Morgan fingerprint density at radius 2 is 2.16 bits per heavy atom. The molecule has 1 N–H and O–H groups in total. The second kappa shape index (κ2) is 9.97. The summed E-state index contributed by atoms with van der Waals surface area (Å²) in [5.74, 6) is 1.83. The fourth-order valence-corrected chi connectivity index (χ4v) is 4.14. The SMILES string of the molecule is CN=C(NCC(c1cccc(F)c1)N(C)C)N1CCSC(C)(C)C1.I. The van der Waals surface area contributed by atoms with Gasteiger partial charge >= 0.3 is 0 Å². The van der Waals surface area contributed by atoms with Gasteiger partial charge in [0.25, 0.3) is 0 Å². The lowest BCUT2D eigenvalue weighted by atomic mass is 10.1. The average molecular weight is 480 g/mol.